The monoisotopic (exact) mass is 216 g/mol. The Labute approximate surface area is 94.9 Å². The van der Waals surface area contributed by atoms with Crippen LogP contribution in [0.15, 0.2) is 18.5 Å². The van der Waals surface area contributed by atoms with Crippen LogP contribution in [0.1, 0.15) is 32.1 Å². The molecule has 0 radical (unpaired) electrons. The number of hydrogen-bond donors (Lipinski definition) is 0. The molecular weight excluding hydrogens is 200 g/mol. The molecule has 2 aromatic heterocycles. The van der Waals surface area contributed by atoms with E-state index in [-0.39, 0.29) is 0 Å². The van der Waals surface area contributed by atoms with E-state index in [1.165, 1.54) is 12.2 Å². The highest BCUT2D eigenvalue weighted by Gasteiger charge is 2.15. The largest absolute Gasteiger partial charge is 0.334 e. The number of rotatable bonds is 2. The fraction of sp³-hybridized carbons (Fsp3) is 0.500. The van der Waals surface area contributed by atoms with Gasteiger partial charge in [0.15, 0.2) is 0 Å². The molecule has 0 spiro atoms. The first-order chi connectivity index (χ1) is 7.74. The second kappa shape index (κ2) is 3.47. The lowest BCUT2D eigenvalue weighted by atomic mass is 10.3. The summed E-state index contributed by atoms with van der Waals surface area (Å²) in [6.07, 6.45) is 6.47. The van der Waals surface area contributed by atoms with Crippen LogP contribution in [0, 0.1) is 0 Å². The fourth-order valence-electron chi connectivity index (χ4n) is 2.14. The zero-order valence-corrected chi connectivity index (χ0v) is 9.72. The van der Waals surface area contributed by atoms with Crippen LogP contribution in [0.25, 0.3) is 11.4 Å². The van der Waals surface area contributed by atoms with Crippen molar-refractivity contribution in [3.8, 4) is 11.4 Å². The highest BCUT2D eigenvalue weighted by molar-refractivity contribution is 5.52. The topological polar surface area (TPSA) is 35.6 Å². The van der Waals surface area contributed by atoms with Gasteiger partial charge in [-0.1, -0.05) is 0 Å². The van der Waals surface area contributed by atoms with Gasteiger partial charge in [-0.05, 0) is 26.3 Å². The minimum Gasteiger partial charge on any atom is -0.334 e. The molecule has 0 saturated heterocycles. The number of imidazole rings is 1. The molecule has 4 heteroatoms. The molecule has 0 fully saturated rings. The first-order valence-corrected chi connectivity index (χ1v) is 5.85. The summed E-state index contributed by atoms with van der Waals surface area (Å²) in [5.74, 6) is 1.20. The summed E-state index contributed by atoms with van der Waals surface area (Å²) in [5, 5.41) is 4.53. The molecule has 0 saturated carbocycles. The van der Waals surface area contributed by atoms with Gasteiger partial charge >= 0.3 is 0 Å². The lowest BCUT2D eigenvalue weighted by molar-refractivity contribution is 0.534. The van der Waals surface area contributed by atoms with Crippen molar-refractivity contribution in [3.05, 3.63) is 24.3 Å². The molecule has 0 aliphatic carbocycles. The van der Waals surface area contributed by atoms with Crippen molar-refractivity contribution in [2.75, 3.05) is 0 Å². The summed E-state index contributed by atoms with van der Waals surface area (Å²) in [5.41, 5.74) is 1.99. The predicted molar refractivity (Wildman–Crippen MR) is 62.2 cm³/mol. The molecule has 1 aliphatic heterocycles. The number of nitrogens with zero attached hydrogens (tertiary/aromatic N) is 4. The average molecular weight is 216 g/mol. The van der Waals surface area contributed by atoms with Crippen molar-refractivity contribution in [1.82, 2.24) is 19.3 Å². The van der Waals surface area contributed by atoms with Gasteiger partial charge in [-0.15, -0.1) is 0 Å². The quantitative estimate of drug-likeness (QED) is 0.772. The molecule has 1 aliphatic rings. The van der Waals surface area contributed by atoms with Gasteiger partial charge in [-0.2, -0.15) is 5.10 Å². The van der Waals surface area contributed by atoms with Crippen LogP contribution in [-0.2, 0) is 13.0 Å². The van der Waals surface area contributed by atoms with Crippen molar-refractivity contribution in [1.29, 1.82) is 0 Å². The Morgan fingerprint density at radius 3 is 2.88 bits per heavy atom. The van der Waals surface area contributed by atoms with E-state index in [9.17, 15) is 0 Å². The molecule has 4 nitrogen and oxygen atoms in total. The summed E-state index contributed by atoms with van der Waals surface area (Å²) in [4.78, 5) is 4.62. The lowest BCUT2D eigenvalue weighted by Gasteiger charge is -2.02. The van der Waals surface area contributed by atoms with E-state index in [0.717, 1.165) is 24.4 Å². The predicted octanol–water partition coefficient (Wildman–Crippen LogP) is 2.27. The maximum atomic E-state index is 4.62. The Hall–Kier alpha value is -1.58. The molecule has 0 amide bonds. The molecule has 16 heavy (non-hydrogen) atoms. The smallest absolute Gasteiger partial charge is 0.112 e. The Morgan fingerprint density at radius 1 is 1.31 bits per heavy atom. The van der Waals surface area contributed by atoms with E-state index in [2.05, 4.69) is 34.7 Å². The van der Waals surface area contributed by atoms with Gasteiger partial charge < -0.3 is 4.57 Å². The van der Waals surface area contributed by atoms with E-state index in [4.69, 9.17) is 0 Å². The van der Waals surface area contributed by atoms with E-state index in [1.807, 2.05) is 16.9 Å². The highest BCUT2D eigenvalue weighted by Crippen LogP contribution is 2.21. The van der Waals surface area contributed by atoms with Crippen LogP contribution >= 0.6 is 0 Å². The Morgan fingerprint density at radius 2 is 2.19 bits per heavy atom. The zero-order chi connectivity index (χ0) is 11.1. The van der Waals surface area contributed by atoms with Crippen LogP contribution in [0.2, 0.25) is 0 Å². The molecule has 3 heterocycles. The summed E-state index contributed by atoms with van der Waals surface area (Å²) in [6.45, 7) is 5.36. The summed E-state index contributed by atoms with van der Waals surface area (Å²) in [6, 6.07) is 2.45. The molecule has 3 rings (SSSR count). The molecular formula is C12H16N4. The Balaban J connectivity index is 1.95. The van der Waals surface area contributed by atoms with Crippen molar-refractivity contribution in [2.45, 2.75) is 39.3 Å². The van der Waals surface area contributed by atoms with Gasteiger partial charge in [-0.3, -0.25) is 4.68 Å². The summed E-state index contributed by atoms with van der Waals surface area (Å²) in [7, 11) is 0. The van der Waals surface area contributed by atoms with Crippen LogP contribution in [-0.4, -0.2) is 19.3 Å². The van der Waals surface area contributed by atoms with Gasteiger partial charge in [0.2, 0.25) is 0 Å². The highest BCUT2D eigenvalue weighted by atomic mass is 15.3. The maximum absolute atomic E-state index is 4.62. The molecule has 2 aromatic rings. The van der Waals surface area contributed by atoms with Crippen molar-refractivity contribution in [3.63, 3.8) is 0 Å². The summed E-state index contributed by atoms with van der Waals surface area (Å²) < 4.78 is 4.21. The van der Waals surface area contributed by atoms with Crippen LogP contribution in [0.4, 0.5) is 0 Å². The zero-order valence-electron chi connectivity index (χ0n) is 9.72. The molecule has 0 aromatic carbocycles. The number of fused-ring (bicyclic) bond motifs is 1. The van der Waals surface area contributed by atoms with E-state index in [1.54, 1.807) is 0 Å². The SMILES string of the molecule is CC(C)n1ccc(-c2cn3c(n2)CCC3)n1. The molecule has 0 bridgehead atoms. The molecule has 84 valence electrons. The van der Waals surface area contributed by atoms with Gasteiger partial charge in [0.05, 0.1) is 0 Å². The molecule has 0 N–H and O–H groups in total. The van der Waals surface area contributed by atoms with Crippen molar-refractivity contribution >= 4 is 0 Å². The Kier molecular flexibility index (Phi) is 2.09. The molecule has 0 atom stereocenters. The first-order valence-electron chi connectivity index (χ1n) is 5.85. The van der Waals surface area contributed by atoms with Gasteiger partial charge in [-0.25, -0.2) is 4.98 Å². The van der Waals surface area contributed by atoms with Crippen molar-refractivity contribution in [2.24, 2.45) is 0 Å². The molecule has 0 unspecified atom stereocenters. The number of aromatic nitrogens is 4. The minimum absolute atomic E-state index is 0.406. The standard InChI is InChI=1S/C12H16N4/c1-9(2)16-7-5-10(14-16)11-8-15-6-3-4-12(15)13-11/h5,7-9H,3-4,6H2,1-2H3. The lowest BCUT2D eigenvalue weighted by Crippen LogP contribution is -2.00. The van der Waals surface area contributed by atoms with Gasteiger partial charge in [0.1, 0.15) is 17.2 Å². The first kappa shape index (κ1) is 9.63. The average Bonchev–Trinajstić information content (AvgIpc) is 2.91. The second-order valence-electron chi connectivity index (χ2n) is 4.61. The van der Waals surface area contributed by atoms with Gasteiger partial charge in [0, 0.05) is 31.4 Å². The van der Waals surface area contributed by atoms with E-state index in [0.29, 0.717) is 6.04 Å². The maximum Gasteiger partial charge on any atom is 0.112 e. The van der Waals surface area contributed by atoms with E-state index >= 15 is 0 Å². The Bertz CT molecular complexity index is 485. The fourth-order valence-corrected chi connectivity index (χ4v) is 2.14. The normalized spacial score (nSPS) is 14.7. The van der Waals surface area contributed by atoms with Crippen LogP contribution < -0.4 is 0 Å². The van der Waals surface area contributed by atoms with E-state index < -0.39 is 0 Å². The van der Waals surface area contributed by atoms with Crippen LogP contribution in [0.5, 0.6) is 0 Å². The van der Waals surface area contributed by atoms with Gasteiger partial charge in [0.25, 0.3) is 0 Å². The van der Waals surface area contributed by atoms with Crippen LogP contribution in [0.3, 0.4) is 0 Å². The number of hydrogen-bond acceptors (Lipinski definition) is 2. The minimum atomic E-state index is 0.406. The summed E-state index contributed by atoms with van der Waals surface area (Å²) >= 11 is 0. The third kappa shape index (κ3) is 1.45. The third-order valence-electron chi connectivity index (χ3n) is 3.06. The number of aryl methyl sites for hydroxylation is 2. The third-order valence-corrected chi connectivity index (χ3v) is 3.06. The van der Waals surface area contributed by atoms with Crippen molar-refractivity contribution < 1.29 is 0 Å². The second-order valence-corrected chi connectivity index (χ2v) is 4.61.